The summed E-state index contributed by atoms with van der Waals surface area (Å²) in [6, 6.07) is 0. The fourth-order valence-corrected chi connectivity index (χ4v) is 0. The molecule has 0 saturated heterocycles. The predicted molar refractivity (Wildman–Crippen MR) is 0 cm³/mol. The average Bonchev–Trinajstić information content (AvgIpc) is 0. The Balaban J connectivity index is 0. The minimum absolute atomic E-state index is 0. The minimum atomic E-state index is 0. The van der Waals surface area contributed by atoms with Gasteiger partial charge in [0.1, 0.15) is 0 Å². The molecule has 0 aromatic rings. The maximum atomic E-state index is 0. The van der Waals surface area contributed by atoms with Crippen molar-refractivity contribution in [2.45, 2.75) is 0 Å². The summed E-state index contributed by atoms with van der Waals surface area (Å²) in [4.78, 5) is 0. The van der Waals surface area contributed by atoms with Crippen molar-refractivity contribution >= 4 is 0 Å². The third-order valence-electron chi connectivity index (χ3n) is 0. The van der Waals surface area contributed by atoms with Gasteiger partial charge in [0, 0.05) is 17.1 Å². The van der Waals surface area contributed by atoms with Crippen LogP contribution in [0, 0.1) is 0 Å². The molecule has 5 heavy (non-hydrogen) atoms. The van der Waals surface area contributed by atoms with Gasteiger partial charge in [-0.1, -0.05) is 0 Å². The van der Waals surface area contributed by atoms with Crippen LogP contribution in [0.5, 0.6) is 0 Å². The van der Waals surface area contributed by atoms with Crippen molar-refractivity contribution in [3.05, 3.63) is 0 Å². The number of hydrogen-bond donors (Lipinski definition) is 0. The van der Waals surface area contributed by atoms with Gasteiger partial charge in [-0.05, 0) is 0 Å². The first-order chi connectivity index (χ1) is 0. The summed E-state index contributed by atoms with van der Waals surface area (Å²) in [7, 11) is 0. The zero-order chi connectivity index (χ0) is 0. The maximum absolute atomic E-state index is 0. The summed E-state index contributed by atoms with van der Waals surface area (Å²) >= 11 is 0. The van der Waals surface area contributed by atoms with Gasteiger partial charge in [-0.15, -0.1) is 0 Å². The molecule has 0 saturated carbocycles. The van der Waals surface area contributed by atoms with E-state index in [9.17, 15) is 0 Å². The molecular weight excluding hydrogens is 131 g/mol. The van der Waals surface area contributed by atoms with Gasteiger partial charge in [-0.3, -0.25) is 0 Å². The molecule has 0 aromatic heterocycles. The van der Waals surface area contributed by atoms with Crippen LogP contribution in [0.4, 0.5) is 0 Å². The van der Waals surface area contributed by atoms with Gasteiger partial charge in [0.2, 0.25) is 0 Å². The molecule has 0 aliphatic carbocycles. The molecule has 5 heteroatoms. The van der Waals surface area contributed by atoms with E-state index in [-0.39, 0.29) is 35.9 Å². The largest absolute Gasteiger partial charge is 1.00 e. The van der Waals surface area contributed by atoms with Crippen molar-refractivity contribution in [2.75, 3.05) is 0 Å². The van der Waals surface area contributed by atoms with Crippen LogP contribution < -0.4 is 18.8 Å². The first kappa shape index (κ1) is 1640. The van der Waals surface area contributed by atoms with Gasteiger partial charge >= 0.3 is 0 Å². The fourth-order valence-electron chi connectivity index (χ4n) is 0. The summed E-state index contributed by atoms with van der Waals surface area (Å²) in [5, 5.41) is 0. The van der Waals surface area contributed by atoms with E-state index in [1.807, 2.05) is 0 Å². The Morgan fingerprint density at radius 3 is 0.400 bits per heavy atom. The number of halogens is 4. The average molecular weight is 131 g/mol. The van der Waals surface area contributed by atoms with Crippen LogP contribution in [0.2, 0.25) is 0 Å². The summed E-state index contributed by atoms with van der Waals surface area (Å²) in [6.07, 6.45) is 0. The van der Waals surface area contributed by atoms with Crippen LogP contribution in [0.15, 0.2) is 0 Å². The monoisotopic (exact) mass is 131 g/mol. The van der Waals surface area contributed by atoms with Gasteiger partial charge < -0.3 is 18.8 Å². The summed E-state index contributed by atoms with van der Waals surface area (Å²) in [5.74, 6) is 0. The molecule has 0 nitrogen and oxygen atoms in total. The van der Waals surface area contributed by atoms with Gasteiger partial charge in [0.25, 0.3) is 0 Å². The van der Waals surface area contributed by atoms with Crippen molar-refractivity contribution in [3.63, 3.8) is 0 Å². The second-order valence-electron chi connectivity index (χ2n) is 0. The SMILES string of the molecule is [F-].[F-].[F-].[F-].[Mn]. The van der Waals surface area contributed by atoms with Crippen LogP contribution in [-0.4, -0.2) is 0 Å². The van der Waals surface area contributed by atoms with Gasteiger partial charge in [0.05, 0.1) is 0 Å². The molecule has 0 fully saturated rings. The van der Waals surface area contributed by atoms with Gasteiger partial charge in [-0.2, -0.15) is 0 Å². The van der Waals surface area contributed by atoms with E-state index in [2.05, 4.69) is 0 Å². The Morgan fingerprint density at radius 2 is 0.400 bits per heavy atom. The molecule has 0 N–H and O–H groups in total. The molecule has 0 bridgehead atoms. The second kappa shape index (κ2) is 776. The maximum Gasteiger partial charge on any atom is 0 e. The van der Waals surface area contributed by atoms with Gasteiger partial charge in [0.15, 0.2) is 0 Å². The zero-order valence-corrected chi connectivity index (χ0v) is 3.07. The van der Waals surface area contributed by atoms with E-state index in [1.165, 1.54) is 0 Å². The molecule has 1 radical (unpaired) electrons. The molecule has 0 aromatic carbocycles. The molecule has 0 aliphatic heterocycles. The Hall–Kier alpha value is 0.239. The summed E-state index contributed by atoms with van der Waals surface area (Å²) in [5.41, 5.74) is 0. The minimum Gasteiger partial charge on any atom is -1.00 e. The fraction of sp³-hybridized carbons (Fsp3) is 0. The quantitative estimate of drug-likeness (QED) is 0.226. The van der Waals surface area contributed by atoms with Crippen molar-refractivity contribution in [3.8, 4) is 0 Å². The molecule has 0 unspecified atom stereocenters. The van der Waals surface area contributed by atoms with E-state index >= 15 is 0 Å². The van der Waals surface area contributed by atoms with E-state index in [0.29, 0.717) is 0 Å². The molecule has 0 rings (SSSR count). The first-order valence-electron chi connectivity index (χ1n) is 0. The van der Waals surface area contributed by atoms with Crippen LogP contribution >= 0.6 is 0 Å². The first-order valence-corrected chi connectivity index (χ1v) is 0. The molecule has 0 aliphatic rings. The van der Waals surface area contributed by atoms with Crippen molar-refractivity contribution in [2.24, 2.45) is 0 Å². The van der Waals surface area contributed by atoms with E-state index in [0.717, 1.165) is 0 Å². The Labute approximate surface area is 36.9 Å². The van der Waals surface area contributed by atoms with E-state index in [1.54, 1.807) is 0 Å². The molecule has 0 heterocycles. The molecule has 0 amide bonds. The molecular formula is F4Mn-4. The smallest absolute Gasteiger partial charge is 0 e. The third-order valence-corrected chi connectivity index (χ3v) is 0. The standard InChI is InChI=1S/4FH.Mn/h4*1H;/p-4. The van der Waals surface area contributed by atoms with E-state index in [4.69, 9.17) is 0 Å². The topological polar surface area (TPSA) is 0 Å². The Bertz CT molecular complexity index is 3.61. The summed E-state index contributed by atoms with van der Waals surface area (Å²) < 4.78 is 0. The van der Waals surface area contributed by atoms with Crippen LogP contribution in [-0.2, 0) is 17.1 Å². The van der Waals surface area contributed by atoms with Gasteiger partial charge in [-0.25, -0.2) is 0 Å². The zero-order valence-electron chi connectivity index (χ0n) is 1.89. The number of hydrogen-bond acceptors (Lipinski definition) is 0. The van der Waals surface area contributed by atoms with Crippen molar-refractivity contribution in [1.29, 1.82) is 0 Å². The molecule has 0 atom stereocenters. The van der Waals surface area contributed by atoms with Crippen molar-refractivity contribution < 1.29 is 35.9 Å². The normalized spacial score (nSPS) is 0. The predicted octanol–water partition coefficient (Wildman–Crippen LogP) is -12.0. The third kappa shape index (κ3) is 371. The van der Waals surface area contributed by atoms with Crippen LogP contribution in [0.1, 0.15) is 0 Å². The van der Waals surface area contributed by atoms with Crippen LogP contribution in [0.3, 0.4) is 0 Å². The van der Waals surface area contributed by atoms with Crippen molar-refractivity contribution in [1.82, 2.24) is 0 Å². The molecule has 0 spiro atoms. The Kier molecular flexibility index (Phi) is 255000. The molecule has 39 valence electrons. The second-order valence-corrected chi connectivity index (χ2v) is 0. The number of rotatable bonds is 0. The summed E-state index contributed by atoms with van der Waals surface area (Å²) in [6.45, 7) is 0. The van der Waals surface area contributed by atoms with E-state index < -0.39 is 0 Å². The van der Waals surface area contributed by atoms with Crippen LogP contribution in [0.25, 0.3) is 0 Å². The Morgan fingerprint density at radius 1 is 0.400 bits per heavy atom.